The van der Waals surface area contributed by atoms with Gasteiger partial charge in [0.1, 0.15) is 5.60 Å². The Morgan fingerprint density at radius 2 is 2.22 bits per heavy atom. The molecule has 0 bridgehead atoms. The van der Waals surface area contributed by atoms with E-state index in [1.807, 2.05) is 39.0 Å². The van der Waals surface area contributed by atoms with E-state index in [0.29, 0.717) is 25.2 Å². The van der Waals surface area contributed by atoms with E-state index in [1.165, 1.54) is 0 Å². The zero-order valence-corrected chi connectivity index (χ0v) is 13.8. The number of hydrogen-bond acceptors (Lipinski definition) is 3. The fourth-order valence-electron chi connectivity index (χ4n) is 2.43. The van der Waals surface area contributed by atoms with Gasteiger partial charge < -0.3 is 9.64 Å². The molecular weight excluding hydrogens is 292 g/mol. The zero-order chi connectivity index (χ0) is 17.0. The minimum Gasteiger partial charge on any atom is -0.444 e. The van der Waals surface area contributed by atoms with Crippen molar-refractivity contribution in [3.63, 3.8) is 0 Å². The first-order valence-corrected chi connectivity index (χ1v) is 7.59. The number of ether oxygens (including phenoxy) is 1. The molecule has 1 aliphatic rings. The molecule has 5 heteroatoms. The van der Waals surface area contributed by atoms with Gasteiger partial charge >= 0.3 is 6.09 Å². The normalized spacial score (nSPS) is 17.7. The molecule has 2 rings (SSSR count). The summed E-state index contributed by atoms with van der Waals surface area (Å²) in [6.45, 7) is 6.50. The topological polar surface area (TPSA) is 58.6 Å². The Kier molecular flexibility index (Phi) is 4.95. The molecule has 2 amide bonds. The molecule has 0 spiro atoms. The van der Waals surface area contributed by atoms with Gasteiger partial charge in [-0.05, 0) is 38.5 Å². The number of rotatable bonds is 3. The molecule has 1 aromatic rings. The molecule has 122 valence electrons. The second kappa shape index (κ2) is 6.74. The van der Waals surface area contributed by atoms with Crippen molar-refractivity contribution in [3.8, 4) is 12.3 Å². The number of terminal acetylenes is 1. The summed E-state index contributed by atoms with van der Waals surface area (Å²) in [5.74, 6) is 2.69. The van der Waals surface area contributed by atoms with Crippen LogP contribution in [0, 0.1) is 18.3 Å². The number of anilines is 1. The smallest absolute Gasteiger partial charge is 0.412 e. The van der Waals surface area contributed by atoms with Gasteiger partial charge in [-0.2, -0.15) is 0 Å². The predicted octanol–water partition coefficient (Wildman–Crippen LogP) is 3.02. The number of likely N-dealkylation sites (tertiary alicyclic amines) is 1. The van der Waals surface area contributed by atoms with Gasteiger partial charge in [-0.25, -0.2) is 4.79 Å². The fourth-order valence-corrected chi connectivity index (χ4v) is 2.43. The van der Waals surface area contributed by atoms with Crippen molar-refractivity contribution in [1.29, 1.82) is 0 Å². The van der Waals surface area contributed by atoms with E-state index in [1.54, 1.807) is 11.0 Å². The molecule has 1 unspecified atom stereocenters. The predicted molar refractivity (Wildman–Crippen MR) is 88.7 cm³/mol. The molecule has 0 saturated carbocycles. The highest BCUT2D eigenvalue weighted by atomic mass is 16.6. The van der Waals surface area contributed by atoms with E-state index in [4.69, 9.17) is 11.2 Å². The summed E-state index contributed by atoms with van der Waals surface area (Å²) in [6, 6.07) is 7.36. The minimum atomic E-state index is -0.548. The van der Waals surface area contributed by atoms with Gasteiger partial charge in [0.25, 0.3) is 0 Å². The minimum absolute atomic E-state index is 0.00873. The molecule has 5 nitrogen and oxygen atoms in total. The molecule has 1 saturated heterocycles. The molecule has 1 aliphatic heterocycles. The molecular formula is C18H22N2O3. The lowest BCUT2D eigenvalue weighted by Crippen LogP contribution is -2.27. The average Bonchev–Trinajstić information content (AvgIpc) is 2.77. The molecule has 0 aliphatic carbocycles. The van der Waals surface area contributed by atoms with Crippen molar-refractivity contribution in [2.45, 2.75) is 39.3 Å². The Labute approximate surface area is 137 Å². The first-order chi connectivity index (χ1) is 10.8. The van der Waals surface area contributed by atoms with Crippen LogP contribution in [0.3, 0.4) is 0 Å². The van der Waals surface area contributed by atoms with Gasteiger partial charge in [-0.1, -0.05) is 12.1 Å². The third-order valence-corrected chi connectivity index (χ3v) is 3.40. The maximum atomic E-state index is 11.9. The van der Waals surface area contributed by atoms with Gasteiger partial charge in [0.15, 0.2) is 0 Å². The summed E-state index contributed by atoms with van der Waals surface area (Å²) in [7, 11) is 0. The van der Waals surface area contributed by atoms with Crippen LogP contribution in [0.2, 0.25) is 0 Å². The largest absolute Gasteiger partial charge is 0.444 e. The lowest BCUT2D eigenvalue weighted by atomic mass is 10.1. The van der Waals surface area contributed by atoms with Crippen LogP contribution >= 0.6 is 0 Å². The first-order valence-electron chi connectivity index (χ1n) is 7.59. The molecule has 0 aromatic heterocycles. The standard InChI is InChI=1S/C18H22N2O3/c1-5-13-10-16(21)20(11-13)12-14-7-6-8-15(9-14)19-17(22)23-18(2,3)4/h1,6-9,13H,10-12H2,2-4H3,(H,19,22). The molecule has 0 radical (unpaired) electrons. The van der Waals surface area contributed by atoms with Gasteiger partial charge in [0.05, 0.1) is 0 Å². The Balaban J connectivity index is 1.99. The molecule has 1 N–H and O–H groups in total. The molecule has 1 heterocycles. The van der Waals surface area contributed by atoms with Crippen molar-refractivity contribution in [2.24, 2.45) is 5.92 Å². The second-order valence-electron chi connectivity index (χ2n) is 6.67. The average molecular weight is 314 g/mol. The highest BCUT2D eigenvalue weighted by Gasteiger charge is 2.28. The number of carbonyl (C=O) groups is 2. The highest BCUT2D eigenvalue weighted by Crippen LogP contribution is 2.21. The van der Waals surface area contributed by atoms with Crippen LogP contribution in [-0.2, 0) is 16.1 Å². The van der Waals surface area contributed by atoms with Crippen molar-refractivity contribution >= 4 is 17.7 Å². The van der Waals surface area contributed by atoms with E-state index < -0.39 is 11.7 Å². The van der Waals surface area contributed by atoms with Gasteiger partial charge in [0.2, 0.25) is 5.91 Å². The maximum Gasteiger partial charge on any atom is 0.412 e. The number of nitrogens with zero attached hydrogens (tertiary/aromatic N) is 1. The number of amides is 2. The van der Waals surface area contributed by atoms with Crippen LogP contribution in [-0.4, -0.2) is 29.0 Å². The van der Waals surface area contributed by atoms with E-state index in [0.717, 1.165) is 5.56 Å². The van der Waals surface area contributed by atoms with Gasteiger partial charge in [0, 0.05) is 31.1 Å². The van der Waals surface area contributed by atoms with Crippen LogP contribution in [0.4, 0.5) is 10.5 Å². The Morgan fingerprint density at radius 1 is 1.48 bits per heavy atom. The second-order valence-corrected chi connectivity index (χ2v) is 6.67. The lowest BCUT2D eigenvalue weighted by Gasteiger charge is -2.20. The SMILES string of the molecule is C#CC1CC(=O)N(Cc2cccc(NC(=O)OC(C)(C)C)c2)C1. The monoisotopic (exact) mass is 314 g/mol. The fraction of sp³-hybridized carbons (Fsp3) is 0.444. The molecule has 1 fully saturated rings. The van der Waals surface area contributed by atoms with E-state index in [-0.39, 0.29) is 11.8 Å². The van der Waals surface area contributed by atoms with Crippen LogP contribution in [0.1, 0.15) is 32.8 Å². The summed E-state index contributed by atoms with van der Waals surface area (Å²) < 4.78 is 5.22. The molecule has 1 aromatic carbocycles. The number of nitrogens with one attached hydrogen (secondary N) is 1. The molecule has 23 heavy (non-hydrogen) atoms. The summed E-state index contributed by atoms with van der Waals surface area (Å²) in [5.41, 5.74) is 1.02. The van der Waals surface area contributed by atoms with E-state index >= 15 is 0 Å². The van der Waals surface area contributed by atoms with Gasteiger partial charge in [-0.15, -0.1) is 12.3 Å². The maximum absolute atomic E-state index is 11.9. The van der Waals surface area contributed by atoms with Crippen LogP contribution in [0.15, 0.2) is 24.3 Å². The van der Waals surface area contributed by atoms with Gasteiger partial charge in [-0.3, -0.25) is 10.1 Å². The third-order valence-electron chi connectivity index (χ3n) is 3.40. The summed E-state index contributed by atoms with van der Waals surface area (Å²) in [4.78, 5) is 25.5. The van der Waals surface area contributed by atoms with E-state index in [9.17, 15) is 9.59 Å². The van der Waals surface area contributed by atoms with Crippen molar-refractivity contribution in [1.82, 2.24) is 4.90 Å². The van der Waals surface area contributed by atoms with Crippen molar-refractivity contribution < 1.29 is 14.3 Å². The summed E-state index contributed by atoms with van der Waals surface area (Å²) >= 11 is 0. The number of benzene rings is 1. The Bertz CT molecular complexity index is 640. The quantitative estimate of drug-likeness (QED) is 0.873. The third kappa shape index (κ3) is 5.03. The zero-order valence-electron chi connectivity index (χ0n) is 13.8. The number of carbonyl (C=O) groups excluding carboxylic acids is 2. The van der Waals surface area contributed by atoms with Crippen molar-refractivity contribution in [2.75, 3.05) is 11.9 Å². The van der Waals surface area contributed by atoms with Crippen molar-refractivity contribution in [3.05, 3.63) is 29.8 Å². The van der Waals surface area contributed by atoms with Crippen LogP contribution < -0.4 is 5.32 Å². The van der Waals surface area contributed by atoms with Crippen LogP contribution in [0.25, 0.3) is 0 Å². The highest BCUT2D eigenvalue weighted by molar-refractivity contribution is 5.85. The Morgan fingerprint density at radius 3 is 2.83 bits per heavy atom. The lowest BCUT2D eigenvalue weighted by molar-refractivity contribution is -0.128. The summed E-state index contributed by atoms with van der Waals surface area (Å²) in [6.07, 6.45) is 5.30. The molecule has 1 atom stereocenters. The number of hydrogen-bond donors (Lipinski definition) is 1. The van der Waals surface area contributed by atoms with E-state index in [2.05, 4.69) is 11.2 Å². The van der Waals surface area contributed by atoms with Crippen LogP contribution in [0.5, 0.6) is 0 Å². The Hall–Kier alpha value is -2.48. The first kappa shape index (κ1) is 16.9. The summed E-state index contributed by atoms with van der Waals surface area (Å²) in [5, 5.41) is 2.70.